The lowest BCUT2D eigenvalue weighted by Crippen LogP contribution is -2.66. The minimum atomic E-state index is -0.410. The molecule has 1 aliphatic carbocycles. The Kier molecular flexibility index (Phi) is 3.45. The fourth-order valence-electron chi connectivity index (χ4n) is 3.31. The van der Waals surface area contributed by atoms with Crippen molar-refractivity contribution >= 4 is 5.97 Å². The number of nitrogens with one attached hydrogen (secondary N) is 1. The molecule has 1 saturated carbocycles. The Morgan fingerprint density at radius 1 is 1.44 bits per heavy atom. The molecule has 2 aliphatic rings. The Hall–Kier alpha value is -0.610. The summed E-state index contributed by atoms with van der Waals surface area (Å²) in [5.74, 6) is 0.378. The first-order valence-electron chi connectivity index (χ1n) is 6.78. The highest BCUT2D eigenvalue weighted by Gasteiger charge is 2.59. The van der Waals surface area contributed by atoms with Gasteiger partial charge in [-0.25, -0.2) is 0 Å². The summed E-state index contributed by atoms with van der Waals surface area (Å²) in [6.45, 7) is 11.2. The van der Waals surface area contributed by atoms with E-state index in [0.717, 1.165) is 13.0 Å². The van der Waals surface area contributed by atoms with Crippen LogP contribution in [0.25, 0.3) is 0 Å². The highest BCUT2D eigenvalue weighted by molar-refractivity contribution is 5.72. The van der Waals surface area contributed by atoms with Gasteiger partial charge >= 0.3 is 5.97 Å². The van der Waals surface area contributed by atoms with Gasteiger partial charge in [-0.15, -0.1) is 0 Å². The van der Waals surface area contributed by atoms with E-state index in [1.54, 1.807) is 0 Å². The van der Waals surface area contributed by atoms with Crippen LogP contribution in [0.5, 0.6) is 0 Å². The molecule has 2 rings (SSSR count). The quantitative estimate of drug-likeness (QED) is 0.780. The summed E-state index contributed by atoms with van der Waals surface area (Å²) >= 11 is 0. The van der Waals surface area contributed by atoms with Gasteiger partial charge in [0.05, 0.1) is 12.6 Å². The lowest BCUT2D eigenvalue weighted by atomic mass is 9.57. The second kappa shape index (κ2) is 4.49. The zero-order valence-electron chi connectivity index (χ0n) is 12.1. The third-order valence-corrected chi connectivity index (χ3v) is 3.99. The van der Waals surface area contributed by atoms with Crippen LogP contribution in [0.15, 0.2) is 0 Å². The van der Waals surface area contributed by atoms with Crippen LogP contribution in [0.3, 0.4) is 0 Å². The summed E-state index contributed by atoms with van der Waals surface area (Å²) in [6.07, 6.45) is 1.45. The largest absolute Gasteiger partial charge is 0.459 e. The van der Waals surface area contributed by atoms with Crippen molar-refractivity contribution in [3.05, 3.63) is 0 Å². The average molecular weight is 255 g/mol. The number of fused-ring (bicyclic) bond motifs is 1. The second-order valence-electron chi connectivity index (χ2n) is 7.01. The van der Waals surface area contributed by atoms with E-state index in [-0.39, 0.29) is 17.9 Å². The van der Waals surface area contributed by atoms with Gasteiger partial charge in [-0.3, -0.25) is 4.79 Å². The maximum Gasteiger partial charge on any atom is 0.320 e. The summed E-state index contributed by atoms with van der Waals surface area (Å²) < 4.78 is 11.0. The maximum atomic E-state index is 11.7. The summed E-state index contributed by atoms with van der Waals surface area (Å²) in [4.78, 5) is 11.7. The minimum Gasteiger partial charge on any atom is -0.459 e. The zero-order valence-corrected chi connectivity index (χ0v) is 12.1. The standard InChI is InChI=1S/C14H25NO3/c1-13(2,3)18-10(16)8-15-11-9-6-7-17-12(9)14(11,4)5/h9,11-12,15H,6-8H2,1-5H3. The predicted octanol–water partition coefficient (Wildman–Crippen LogP) is 1.73. The summed E-state index contributed by atoms with van der Waals surface area (Å²) in [6, 6.07) is 0.359. The van der Waals surface area contributed by atoms with E-state index in [1.807, 2.05) is 20.8 Å². The van der Waals surface area contributed by atoms with E-state index >= 15 is 0 Å². The third-order valence-electron chi connectivity index (χ3n) is 3.99. The van der Waals surface area contributed by atoms with E-state index < -0.39 is 5.60 Å². The highest BCUT2D eigenvalue weighted by atomic mass is 16.6. The van der Waals surface area contributed by atoms with E-state index in [0.29, 0.717) is 18.1 Å². The number of carbonyl (C=O) groups excluding carboxylic acids is 1. The minimum absolute atomic E-state index is 0.114. The van der Waals surface area contributed by atoms with Gasteiger partial charge in [0.2, 0.25) is 0 Å². The SMILES string of the molecule is CC(C)(C)OC(=O)CNC1C2CCOC2C1(C)C. The van der Waals surface area contributed by atoms with Crippen LogP contribution < -0.4 is 5.32 Å². The number of ether oxygens (including phenoxy) is 2. The molecular formula is C14H25NO3. The van der Waals surface area contributed by atoms with Gasteiger partial charge in [-0.05, 0) is 27.2 Å². The smallest absolute Gasteiger partial charge is 0.320 e. The summed E-state index contributed by atoms with van der Waals surface area (Å²) in [7, 11) is 0. The third kappa shape index (κ3) is 2.54. The van der Waals surface area contributed by atoms with Gasteiger partial charge in [-0.1, -0.05) is 13.8 Å². The highest BCUT2D eigenvalue weighted by Crippen LogP contribution is 2.51. The molecule has 0 bridgehead atoms. The molecule has 104 valence electrons. The first-order chi connectivity index (χ1) is 8.22. The van der Waals surface area contributed by atoms with Gasteiger partial charge in [-0.2, -0.15) is 0 Å². The van der Waals surface area contributed by atoms with Gasteiger partial charge in [0.1, 0.15) is 5.60 Å². The van der Waals surface area contributed by atoms with Crippen molar-refractivity contribution in [2.45, 2.75) is 58.8 Å². The molecule has 1 aliphatic heterocycles. The van der Waals surface area contributed by atoms with Gasteiger partial charge < -0.3 is 14.8 Å². The molecule has 4 heteroatoms. The lowest BCUT2D eigenvalue weighted by molar-refractivity contribution is -0.156. The van der Waals surface area contributed by atoms with Gasteiger partial charge in [0, 0.05) is 24.0 Å². The van der Waals surface area contributed by atoms with E-state index in [1.165, 1.54) is 0 Å². The molecule has 18 heavy (non-hydrogen) atoms. The Balaban J connectivity index is 1.82. The maximum absolute atomic E-state index is 11.7. The van der Waals surface area contributed by atoms with Crippen molar-refractivity contribution < 1.29 is 14.3 Å². The van der Waals surface area contributed by atoms with Crippen molar-refractivity contribution in [3.63, 3.8) is 0 Å². The molecule has 0 aromatic heterocycles. The molecule has 0 spiro atoms. The van der Waals surface area contributed by atoms with Crippen molar-refractivity contribution in [2.24, 2.45) is 11.3 Å². The van der Waals surface area contributed by atoms with Crippen LogP contribution in [0.2, 0.25) is 0 Å². The number of esters is 1. The molecule has 1 N–H and O–H groups in total. The van der Waals surface area contributed by atoms with Crippen LogP contribution in [0.1, 0.15) is 41.0 Å². The van der Waals surface area contributed by atoms with Crippen LogP contribution in [-0.2, 0) is 14.3 Å². The van der Waals surface area contributed by atoms with Crippen LogP contribution in [0.4, 0.5) is 0 Å². The molecule has 0 aromatic carbocycles. The molecule has 2 fully saturated rings. The Labute approximate surface area is 109 Å². The Morgan fingerprint density at radius 2 is 2.11 bits per heavy atom. The molecule has 0 aromatic rings. The second-order valence-corrected chi connectivity index (χ2v) is 7.01. The van der Waals surface area contributed by atoms with Crippen LogP contribution in [-0.4, -0.2) is 36.9 Å². The van der Waals surface area contributed by atoms with E-state index in [9.17, 15) is 4.79 Å². The van der Waals surface area contributed by atoms with Crippen molar-refractivity contribution in [1.82, 2.24) is 5.32 Å². The molecule has 1 saturated heterocycles. The summed E-state index contributed by atoms with van der Waals surface area (Å²) in [5, 5.41) is 3.35. The monoisotopic (exact) mass is 255 g/mol. The Morgan fingerprint density at radius 3 is 2.72 bits per heavy atom. The number of carbonyl (C=O) groups is 1. The van der Waals surface area contributed by atoms with E-state index in [4.69, 9.17) is 9.47 Å². The van der Waals surface area contributed by atoms with Crippen LogP contribution in [0, 0.1) is 11.3 Å². The fraction of sp³-hybridized carbons (Fsp3) is 0.929. The molecule has 3 atom stereocenters. The predicted molar refractivity (Wildman–Crippen MR) is 69.3 cm³/mol. The Bertz CT molecular complexity index is 332. The number of hydrogen-bond donors (Lipinski definition) is 1. The van der Waals surface area contributed by atoms with Crippen molar-refractivity contribution in [1.29, 1.82) is 0 Å². The molecule has 4 nitrogen and oxygen atoms in total. The molecule has 0 radical (unpaired) electrons. The average Bonchev–Trinajstić information content (AvgIpc) is 2.61. The first-order valence-corrected chi connectivity index (χ1v) is 6.78. The fourth-order valence-corrected chi connectivity index (χ4v) is 3.31. The van der Waals surface area contributed by atoms with Crippen molar-refractivity contribution in [3.8, 4) is 0 Å². The number of rotatable bonds is 3. The molecule has 1 heterocycles. The van der Waals surface area contributed by atoms with Crippen LogP contribution >= 0.6 is 0 Å². The van der Waals surface area contributed by atoms with Gasteiger partial charge in [0.25, 0.3) is 0 Å². The summed E-state index contributed by atoms with van der Waals surface area (Å²) in [5.41, 5.74) is -0.296. The topological polar surface area (TPSA) is 47.6 Å². The first kappa shape index (κ1) is 13.8. The van der Waals surface area contributed by atoms with E-state index in [2.05, 4.69) is 19.2 Å². The molecular weight excluding hydrogens is 230 g/mol. The zero-order chi connectivity index (χ0) is 13.6. The number of hydrogen-bond acceptors (Lipinski definition) is 4. The lowest BCUT2D eigenvalue weighted by Gasteiger charge is -2.54. The molecule has 0 amide bonds. The van der Waals surface area contributed by atoms with Crippen molar-refractivity contribution in [2.75, 3.05) is 13.2 Å². The van der Waals surface area contributed by atoms with Gasteiger partial charge in [0.15, 0.2) is 0 Å². The molecule has 3 unspecified atom stereocenters. The normalized spacial score (nSPS) is 33.7.